The van der Waals surface area contributed by atoms with Gasteiger partial charge in [0.05, 0.1) is 6.10 Å². The van der Waals surface area contributed by atoms with E-state index in [-0.39, 0.29) is 16.9 Å². The van der Waals surface area contributed by atoms with Crippen LogP contribution in [0.1, 0.15) is 13.8 Å². The van der Waals surface area contributed by atoms with Crippen LogP contribution in [0.3, 0.4) is 0 Å². The third-order valence-electron chi connectivity index (χ3n) is 2.40. The zero-order valence-corrected chi connectivity index (χ0v) is 10.4. The summed E-state index contributed by atoms with van der Waals surface area (Å²) in [7, 11) is 0. The summed E-state index contributed by atoms with van der Waals surface area (Å²) in [5.74, 6) is 0.787. The predicted molar refractivity (Wildman–Crippen MR) is 68.7 cm³/mol. The summed E-state index contributed by atoms with van der Waals surface area (Å²) in [6.07, 6.45) is 1.32. The van der Waals surface area contributed by atoms with Gasteiger partial charge in [-0.2, -0.15) is 11.8 Å². The molecule has 2 atom stereocenters. The SMILES string of the molecule is CC(O)C(C)SCCn1cc(N)ccc1=O. The molecule has 0 aliphatic rings. The van der Waals surface area contributed by atoms with Gasteiger partial charge in [0.15, 0.2) is 0 Å². The molecule has 0 amide bonds. The summed E-state index contributed by atoms with van der Waals surface area (Å²) in [4.78, 5) is 11.4. The fourth-order valence-electron chi connectivity index (χ4n) is 1.20. The topological polar surface area (TPSA) is 68.2 Å². The van der Waals surface area contributed by atoms with Gasteiger partial charge >= 0.3 is 0 Å². The number of nitrogens with zero attached hydrogens (tertiary/aromatic N) is 1. The maximum absolute atomic E-state index is 11.4. The number of hydrogen-bond donors (Lipinski definition) is 2. The molecule has 3 N–H and O–H groups in total. The number of aromatic nitrogens is 1. The van der Waals surface area contributed by atoms with E-state index in [4.69, 9.17) is 5.73 Å². The van der Waals surface area contributed by atoms with Crippen molar-refractivity contribution in [2.24, 2.45) is 0 Å². The van der Waals surface area contributed by atoms with Crippen LogP contribution in [0.25, 0.3) is 0 Å². The Hall–Kier alpha value is -0.940. The van der Waals surface area contributed by atoms with Gasteiger partial charge in [0.25, 0.3) is 5.56 Å². The van der Waals surface area contributed by atoms with Gasteiger partial charge in [-0.05, 0) is 13.0 Å². The largest absolute Gasteiger partial charge is 0.398 e. The summed E-state index contributed by atoms with van der Waals surface area (Å²) in [6.45, 7) is 4.35. The molecule has 90 valence electrons. The van der Waals surface area contributed by atoms with Crippen molar-refractivity contribution in [3.63, 3.8) is 0 Å². The highest BCUT2D eigenvalue weighted by molar-refractivity contribution is 7.99. The highest BCUT2D eigenvalue weighted by Crippen LogP contribution is 2.14. The van der Waals surface area contributed by atoms with Gasteiger partial charge in [0, 0.05) is 35.5 Å². The normalized spacial score (nSPS) is 14.7. The number of thioether (sulfide) groups is 1. The molecule has 0 fully saturated rings. The number of aliphatic hydroxyl groups excluding tert-OH is 1. The van der Waals surface area contributed by atoms with Crippen LogP contribution in [0.2, 0.25) is 0 Å². The second-order valence-corrected chi connectivity index (χ2v) is 5.30. The fraction of sp³-hybridized carbons (Fsp3) is 0.545. The van der Waals surface area contributed by atoms with E-state index in [0.29, 0.717) is 12.2 Å². The van der Waals surface area contributed by atoms with Crippen LogP contribution in [0.4, 0.5) is 5.69 Å². The van der Waals surface area contributed by atoms with E-state index in [1.165, 1.54) is 6.07 Å². The van der Waals surface area contributed by atoms with Crippen LogP contribution in [0, 0.1) is 0 Å². The van der Waals surface area contributed by atoms with Crippen molar-refractivity contribution in [2.45, 2.75) is 31.7 Å². The van der Waals surface area contributed by atoms with Gasteiger partial charge in [-0.25, -0.2) is 0 Å². The predicted octanol–water partition coefficient (Wildman–Crippen LogP) is 0.933. The molecule has 0 aliphatic heterocycles. The molecule has 0 spiro atoms. The summed E-state index contributed by atoms with van der Waals surface area (Å²) in [5, 5.41) is 9.48. The number of hydrogen-bond acceptors (Lipinski definition) is 4. The monoisotopic (exact) mass is 242 g/mol. The Kier molecular flexibility index (Phi) is 4.89. The Morgan fingerprint density at radius 2 is 2.19 bits per heavy atom. The van der Waals surface area contributed by atoms with Gasteiger partial charge in [0.1, 0.15) is 0 Å². The number of anilines is 1. The van der Waals surface area contributed by atoms with Gasteiger partial charge in [-0.3, -0.25) is 4.79 Å². The number of aryl methyl sites for hydroxylation is 1. The summed E-state index contributed by atoms with van der Waals surface area (Å²) >= 11 is 1.64. The van der Waals surface area contributed by atoms with Crippen molar-refractivity contribution in [3.05, 3.63) is 28.7 Å². The minimum absolute atomic E-state index is 0.0421. The van der Waals surface area contributed by atoms with Crippen LogP contribution in [-0.2, 0) is 6.54 Å². The highest BCUT2D eigenvalue weighted by Gasteiger charge is 2.08. The number of aliphatic hydroxyl groups is 1. The lowest BCUT2D eigenvalue weighted by atomic mass is 10.3. The summed E-state index contributed by atoms with van der Waals surface area (Å²) < 4.78 is 1.59. The molecular formula is C11H18N2O2S. The number of pyridine rings is 1. The maximum atomic E-state index is 11.4. The Balaban J connectivity index is 2.49. The molecule has 16 heavy (non-hydrogen) atoms. The maximum Gasteiger partial charge on any atom is 0.250 e. The first-order valence-corrected chi connectivity index (χ1v) is 6.31. The van der Waals surface area contributed by atoms with Gasteiger partial charge in [-0.1, -0.05) is 6.92 Å². The van der Waals surface area contributed by atoms with Crippen molar-refractivity contribution in [1.82, 2.24) is 4.57 Å². The first-order valence-electron chi connectivity index (χ1n) is 5.26. The molecule has 0 aliphatic carbocycles. The molecule has 1 heterocycles. The van der Waals surface area contributed by atoms with Crippen LogP contribution in [-0.4, -0.2) is 26.8 Å². The zero-order chi connectivity index (χ0) is 12.1. The Labute approximate surface area is 99.5 Å². The summed E-state index contributed by atoms with van der Waals surface area (Å²) in [6, 6.07) is 3.07. The summed E-state index contributed by atoms with van der Waals surface area (Å²) in [5.41, 5.74) is 6.15. The van der Waals surface area contributed by atoms with Crippen molar-refractivity contribution in [2.75, 3.05) is 11.5 Å². The first kappa shape index (κ1) is 13.1. The van der Waals surface area contributed by atoms with E-state index in [1.54, 1.807) is 35.5 Å². The molecule has 5 heteroatoms. The van der Waals surface area contributed by atoms with Crippen LogP contribution in [0.15, 0.2) is 23.1 Å². The number of nitrogens with two attached hydrogens (primary N) is 1. The van der Waals surface area contributed by atoms with Gasteiger partial charge < -0.3 is 15.4 Å². The molecule has 2 unspecified atom stereocenters. The fourth-order valence-corrected chi connectivity index (χ4v) is 2.15. The Morgan fingerprint density at radius 1 is 1.50 bits per heavy atom. The van der Waals surface area contributed by atoms with E-state index in [2.05, 4.69) is 0 Å². The van der Waals surface area contributed by atoms with Crippen molar-refractivity contribution in [3.8, 4) is 0 Å². The van der Waals surface area contributed by atoms with Gasteiger partial charge in [-0.15, -0.1) is 0 Å². The lowest BCUT2D eigenvalue weighted by Gasteiger charge is -2.14. The van der Waals surface area contributed by atoms with E-state index in [1.807, 2.05) is 6.92 Å². The first-order chi connectivity index (χ1) is 7.50. The van der Waals surface area contributed by atoms with Crippen molar-refractivity contribution in [1.29, 1.82) is 0 Å². The quantitative estimate of drug-likeness (QED) is 0.806. The van der Waals surface area contributed by atoms with E-state index in [0.717, 1.165) is 5.75 Å². The van der Waals surface area contributed by atoms with E-state index < -0.39 is 0 Å². The van der Waals surface area contributed by atoms with Crippen molar-refractivity contribution >= 4 is 17.4 Å². The average Bonchev–Trinajstić information content (AvgIpc) is 2.22. The minimum Gasteiger partial charge on any atom is -0.398 e. The lowest BCUT2D eigenvalue weighted by molar-refractivity contribution is 0.196. The van der Waals surface area contributed by atoms with E-state index in [9.17, 15) is 9.90 Å². The van der Waals surface area contributed by atoms with Crippen LogP contribution < -0.4 is 11.3 Å². The lowest BCUT2D eigenvalue weighted by Crippen LogP contribution is -2.22. The third kappa shape index (κ3) is 3.90. The molecule has 1 rings (SSSR count). The third-order valence-corrected chi connectivity index (χ3v) is 3.74. The number of nitrogen functional groups attached to an aromatic ring is 1. The molecule has 0 bridgehead atoms. The second kappa shape index (κ2) is 5.96. The molecule has 1 aromatic rings. The molecule has 4 nitrogen and oxygen atoms in total. The molecule has 1 aromatic heterocycles. The van der Waals surface area contributed by atoms with Gasteiger partial charge in [0.2, 0.25) is 0 Å². The molecule has 0 saturated heterocycles. The Morgan fingerprint density at radius 3 is 2.81 bits per heavy atom. The number of rotatable bonds is 5. The highest BCUT2D eigenvalue weighted by atomic mass is 32.2. The van der Waals surface area contributed by atoms with Crippen LogP contribution >= 0.6 is 11.8 Å². The average molecular weight is 242 g/mol. The van der Waals surface area contributed by atoms with E-state index >= 15 is 0 Å². The second-order valence-electron chi connectivity index (χ2n) is 3.81. The molecule has 0 saturated carbocycles. The molecular weight excluding hydrogens is 224 g/mol. The minimum atomic E-state index is -0.331. The molecule has 0 aromatic carbocycles. The van der Waals surface area contributed by atoms with Crippen molar-refractivity contribution < 1.29 is 5.11 Å². The zero-order valence-electron chi connectivity index (χ0n) is 9.59. The smallest absolute Gasteiger partial charge is 0.250 e. The molecule has 0 radical (unpaired) electrons. The Bertz CT molecular complexity index is 390. The standard InChI is InChI=1S/C11H18N2O2S/c1-8(14)9(2)16-6-5-13-7-10(12)3-4-11(13)15/h3-4,7-9,14H,5-6,12H2,1-2H3. The van der Waals surface area contributed by atoms with Crippen LogP contribution in [0.5, 0.6) is 0 Å².